The molecule has 3 heteroatoms. The fourth-order valence-corrected chi connectivity index (χ4v) is 1.85. The summed E-state index contributed by atoms with van der Waals surface area (Å²) >= 11 is 0. The summed E-state index contributed by atoms with van der Waals surface area (Å²) in [5.41, 5.74) is 2.10. The van der Waals surface area contributed by atoms with Crippen molar-refractivity contribution in [1.29, 1.82) is 0 Å². The van der Waals surface area contributed by atoms with Gasteiger partial charge in [0.05, 0.1) is 6.54 Å². The zero-order chi connectivity index (χ0) is 11.5. The van der Waals surface area contributed by atoms with Gasteiger partial charge >= 0.3 is 0 Å². The van der Waals surface area contributed by atoms with Crippen molar-refractivity contribution >= 4 is 5.91 Å². The second kappa shape index (κ2) is 4.49. The number of rotatable bonds is 2. The van der Waals surface area contributed by atoms with E-state index >= 15 is 0 Å². The number of carbonyl (C=O) groups excluding carboxylic acids is 1. The molecule has 0 bridgehead atoms. The predicted molar refractivity (Wildman–Crippen MR) is 63.6 cm³/mol. The third-order valence-electron chi connectivity index (χ3n) is 2.86. The first-order valence-corrected chi connectivity index (χ1v) is 5.37. The van der Waals surface area contributed by atoms with E-state index in [1.165, 1.54) is 5.56 Å². The minimum Gasteiger partial charge on any atom is -0.317 e. The molecule has 1 aromatic rings. The van der Waals surface area contributed by atoms with Crippen LogP contribution in [0.5, 0.6) is 0 Å². The Hall–Kier alpha value is -1.61. The summed E-state index contributed by atoms with van der Waals surface area (Å²) in [4.78, 5) is 15.4. The van der Waals surface area contributed by atoms with Crippen molar-refractivity contribution in [3.8, 4) is 0 Å². The van der Waals surface area contributed by atoms with Crippen LogP contribution in [0.15, 0.2) is 42.6 Å². The molecule has 0 saturated carbocycles. The lowest BCUT2D eigenvalue weighted by molar-refractivity contribution is -0.131. The molecule has 0 aromatic heterocycles. The van der Waals surface area contributed by atoms with Crippen molar-refractivity contribution in [2.24, 2.45) is 0 Å². The summed E-state index contributed by atoms with van der Waals surface area (Å²) in [5.74, 6) is 0.118. The zero-order valence-corrected chi connectivity index (χ0v) is 9.52. The van der Waals surface area contributed by atoms with E-state index in [4.69, 9.17) is 0 Å². The van der Waals surface area contributed by atoms with Gasteiger partial charge in [0.2, 0.25) is 5.91 Å². The van der Waals surface area contributed by atoms with Crippen molar-refractivity contribution in [1.82, 2.24) is 9.80 Å². The van der Waals surface area contributed by atoms with Crippen molar-refractivity contribution in [2.45, 2.75) is 6.54 Å². The number of hydrogen-bond donors (Lipinski definition) is 0. The van der Waals surface area contributed by atoms with E-state index in [1.807, 2.05) is 18.2 Å². The second-order valence-corrected chi connectivity index (χ2v) is 4.15. The van der Waals surface area contributed by atoms with Crippen LogP contribution in [0.4, 0.5) is 0 Å². The molecular formula is C13H16N2O. The number of amides is 1. The molecule has 0 spiro atoms. The van der Waals surface area contributed by atoms with Gasteiger partial charge in [-0.2, -0.15) is 0 Å². The molecule has 1 saturated heterocycles. The zero-order valence-electron chi connectivity index (χ0n) is 9.52. The second-order valence-electron chi connectivity index (χ2n) is 4.15. The molecule has 1 aliphatic heterocycles. The van der Waals surface area contributed by atoms with E-state index in [9.17, 15) is 4.79 Å². The lowest BCUT2D eigenvalue weighted by atomic mass is 10.2. The summed E-state index contributed by atoms with van der Waals surface area (Å²) in [7, 11) is 1.78. The van der Waals surface area contributed by atoms with Gasteiger partial charge in [-0.15, -0.1) is 0 Å². The van der Waals surface area contributed by atoms with Gasteiger partial charge in [0, 0.05) is 25.8 Å². The highest BCUT2D eigenvalue weighted by atomic mass is 16.2. The number of benzene rings is 1. The van der Waals surface area contributed by atoms with Crippen LogP contribution in [0.3, 0.4) is 0 Å². The van der Waals surface area contributed by atoms with Crippen LogP contribution < -0.4 is 0 Å². The summed E-state index contributed by atoms with van der Waals surface area (Å²) < 4.78 is 0. The Bertz CT molecular complexity index is 382. The van der Waals surface area contributed by atoms with Gasteiger partial charge in [0.1, 0.15) is 0 Å². The average molecular weight is 216 g/mol. The third-order valence-corrected chi connectivity index (χ3v) is 2.86. The summed E-state index contributed by atoms with van der Waals surface area (Å²) in [5, 5.41) is 0. The van der Waals surface area contributed by atoms with Crippen molar-refractivity contribution in [2.75, 3.05) is 20.1 Å². The van der Waals surface area contributed by atoms with E-state index in [-0.39, 0.29) is 5.91 Å². The first kappa shape index (κ1) is 10.9. The van der Waals surface area contributed by atoms with E-state index < -0.39 is 0 Å². The number of nitrogens with zero attached hydrogens (tertiary/aromatic N) is 2. The van der Waals surface area contributed by atoms with Crippen LogP contribution in [-0.2, 0) is 11.3 Å². The third kappa shape index (κ3) is 2.31. The summed E-state index contributed by atoms with van der Waals surface area (Å²) in [6.07, 6.45) is 0. The molecule has 1 heterocycles. The highest BCUT2D eigenvalue weighted by Crippen LogP contribution is 2.13. The Balaban J connectivity index is 2.02. The molecule has 0 unspecified atom stereocenters. The number of piperazine rings is 1. The van der Waals surface area contributed by atoms with Crippen LogP contribution in [0.25, 0.3) is 0 Å². The van der Waals surface area contributed by atoms with E-state index in [2.05, 4.69) is 23.6 Å². The van der Waals surface area contributed by atoms with Gasteiger partial charge in [-0.3, -0.25) is 9.69 Å². The topological polar surface area (TPSA) is 23.6 Å². The fourth-order valence-electron chi connectivity index (χ4n) is 1.85. The molecule has 2 rings (SSSR count). The molecule has 1 aromatic carbocycles. The summed E-state index contributed by atoms with van der Waals surface area (Å²) in [6, 6.07) is 10.2. The number of hydrogen-bond acceptors (Lipinski definition) is 2. The maximum atomic E-state index is 11.6. The van der Waals surface area contributed by atoms with E-state index in [0.29, 0.717) is 6.54 Å². The van der Waals surface area contributed by atoms with Crippen LogP contribution in [0.2, 0.25) is 0 Å². The van der Waals surface area contributed by atoms with Gasteiger partial charge in [-0.25, -0.2) is 0 Å². The normalized spacial score (nSPS) is 17.9. The average Bonchev–Trinajstić information content (AvgIpc) is 2.27. The molecule has 1 aliphatic rings. The van der Waals surface area contributed by atoms with Crippen molar-refractivity contribution < 1.29 is 4.79 Å². The molecule has 0 aliphatic carbocycles. The first-order valence-electron chi connectivity index (χ1n) is 5.37. The molecule has 84 valence electrons. The Morgan fingerprint density at radius 3 is 2.56 bits per heavy atom. The van der Waals surface area contributed by atoms with E-state index in [0.717, 1.165) is 18.8 Å². The van der Waals surface area contributed by atoms with Gasteiger partial charge < -0.3 is 4.90 Å². The fraction of sp³-hybridized carbons (Fsp3) is 0.308. The van der Waals surface area contributed by atoms with Crippen molar-refractivity contribution in [3.05, 3.63) is 48.2 Å². The first-order chi connectivity index (χ1) is 7.66. The van der Waals surface area contributed by atoms with Gasteiger partial charge in [-0.05, 0) is 5.56 Å². The quantitative estimate of drug-likeness (QED) is 0.747. The number of likely N-dealkylation sites (N-methyl/N-ethyl adjacent to an activating group) is 1. The monoisotopic (exact) mass is 216 g/mol. The van der Waals surface area contributed by atoms with Crippen LogP contribution in [0, 0.1) is 0 Å². The lowest BCUT2D eigenvalue weighted by Crippen LogP contribution is -2.46. The highest BCUT2D eigenvalue weighted by Gasteiger charge is 2.23. The maximum absolute atomic E-state index is 11.6. The highest BCUT2D eigenvalue weighted by molar-refractivity contribution is 5.80. The Morgan fingerprint density at radius 2 is 1.94 bits per heavy atom. The van der Waals surface area contributed by atoms with Crippen LogP contribution in [0.1, 0.15) is 5.56 Å². The lowest BCUT2D eigenvalue weighted by Gasteiger charge is -2.33. The standard InChI is InChI=1S/C13H16N2O/c1-11-8-15(10-13(16)14(11)2)9-12-6-4-3-5-7-12/h3-7H,1,8-10H2,2H3. The van der Waals surface area contributed by atoms with E-state index in [1.54, 1.807) is 11.9 Å². The maximum Gasteiger partial charge on any atom is 0.240 e. The summed E-state index contributed by atoms with van der Waals surface area (Å²) in [6.45, 7) is 5.94. The molecule has 3 nitrogen and oxygen atoms in total. The van der Waals surface area contributed by atoms with Crippen molar-refractivity contribution in [3.63, 3.8) is 0 Å². The number of carbonyl (C=O) groups is 1. The van der Waals surface area contributed by atoms with Crippen LogP contribution in [-0.4, -0.2) is 35.8 Å². The molecule has 0 radical (unpaired) electrons. The molecule has 0 N–H and O–H groups in total. The SMILES string of the molecule is C=C1CN(Cc2ccccc2)CC(=O)N1C. The van der Waals surface area contributed by atoms with Gasteiger partial charge in [0.15, 0.2) is 0 Å². The minimum atomic E-state index is 0.118. The predicted octanol–water partition coefficient (Wildman–Crippen LogP) is 1.47. The van der Waals surface area contributed by atoms with Crippen LogP contribution >= 0.6 is 0 Å². The molecule has 1 amide bonds. The molecule has 1 fully saturated rings. The molecule has 0 atom stereocenters. The van der Waals surface area contributed by atoms with Gasteiger partial charge in [-0.1, -0.05) is 36.9 Å². The molecular weight excluding hydrogens is 200 g/mol. The smallest absolute Gasteiger partial charge is 0.240 e. The Labute approximate surface area is 96.0 Å². The Kier molecular flexibility index (Phi) is 3.06. The Morgan fingerprint density at radius 1 is 1.25 bits per heavy atom. The molecule has 16 heavy (non-hydrogen) atoms. The largest absolute Gasteiger partial charge is 0.317 e. The minimum absolute atomic E-state index is 0.118. The van der Waals surface area contributed by atoms with Gasteiger partial charge in [0.25, 0.3) is 0 Å².